The Bertz CT molecular complexity index is 1620. The molecule has 170 valence electrons. The Morgan fingerprint density at radius 2 is 1.88 bits per heavy atom. The number of nitrogens with zero attached hydrogens (tertiary/aromatic N) is 5. The average molecular weight is 474 g/mol. The topological polar surface area (TPSA) is 129 Å². The Morgan fingerprint density at radius 3 is 2.56 bits per heavy atom. The summed E-state index contributed by atoms with van der Waals surface area (Å²) in [4.78, 5) is 42.6. The summed E-state index contributed by atoms with van der Waals surface area (Å²) < 4.78 is 4.53. The van der Waals surface area contributed by atoms with Gasteiger partial charge in [-0.25, -0.2) is 19.0 Å². The van der Waals surface area contributed by atoms with E-state index in [9.17, 15) is 14.4 Å². The lowest BCUT2D eigenvalue weighted by Crippen LogP contribution is -2.21. The molecule has 5 rings (SSSR count). The second-order valence-corrected chi connectivity index (χ2v) is 8.61. The van der Waals surface area contributed by atoms with Crippen LogP contribution >= 0.6 is 11.3 Å². The fourth-order valence-electron chi connectivity index (χ4n) is 3.71. The first-order valence-corrected chi connectivity index (χ1v) is 11.0. The van der Waals surface area contributed by atoms with Crippen LogP contribution in [0.1, 0.15) is 26.5 Å². The van der Waals surface area contributed by atoms with Crippen LogP contribution in [0.3, 0.4) is 0 Å². The lowest BCUT2D eigenvalue weighted by atomic mass is 10.1. The number of benzene rings is 2. The van der Waals surface area contributed by atoms with E-state index in [1.54, 1.807) is 29.6 Å². The van der Waals surface area contributed by atoms with E-state index in [1.165, 1.54) is 39.2 Å². The predicted octanol–water partition coefficient (Wildman–Crippen LogP) is 2.61. The highest BCUT2D eigenvalue weighted by molar-refractivity contribution is 7.20. The second-order valence-electron chi connectivity index (χ2n) is 7.63. The molecule has 2 aromatic carbocycles. The standard InChI is InChI=1S/C23H19N7O3S/c1-13-19(14-6-8-17(9-7-14)29-12-26-28(2)23(29)33)34-22-25-11-18(30(13)22)21(32)27-16-5-3-4-15(10-16)20(24)31/h3-12H,1-2H3,(H2,24,31)(H,27,32). The van der Waals surface area contributed by atoms with Gasteiger partial charge in [0.1, 0.15) is 12.0 Å². The number of rotatable bonds is 5. The van der Waals surface area contributed by atoms with E-state index in [1.807, 2.05) is 31.2 Å². The molecule has 0 aliphatic carbocycles. The first-order chi connectivity index (χ1) is 16.3. The number of aromatic nitrogens is 5. The van der Waals surface area contributed by atoms with Gasteiger partial charge in [0.2, 0.25) is 5.91 Å². The maximum Gasteiger partial charge on any atom is 0.350 e. The molecule has 5 aromatic rings. The number of carbonyl (C=O) groups excluding carboxylic acids is 2. The van der Waals surface area contributed by atoms with E-state index >= 15 is 0 Å². The molecule has 0 aliphatic heterocycles. The lowest BCUT2D eigenvalue weighted by molar-refractivity contribution is 0.0995. The number of hydrogen-bond donors (Lipinski definition) is 2. The van der Waals surface area contributed by atoms with Gasteiger partial charge in [-0.2, -0.15) is 5.10 Å². The molecule has 0 aliphatic rings. The highest BCUT2D eigenvalue weighted by Gasteiger charge is 2.19. The third-order valence-corrected chi connectivity index (χ3v) is 6.66. The third kappa shape index (κ3) is 3.57. The lowest BCUT2D eigenvalue weighted by Gasteiger charge is -2.07. The minimum absolute atomic E-state index is 0.226. The number of aryl methyl sites for hydroxylation is 2. The highest BCUT2D eigenvalue weighted by Crippen LogP contribution is 2.33. The molecular weight excluding hydrogens is 454 g/mol. The molecule has 0 saturated carbocycles. The van der Waals surface area contributed by atoms with Gasteiger partial charge in [0, 0.05) is 24.0 Å². The van der Waals surface area contributed by atoms with Gasteiger partial charge in [0.15, 0.2) is 4.96 Å². The van der Waals surface area contributed by atoms with Crippen molar-refractivity contribution in [2.24, 2.45) is 12.8 Å². The average Bonchev–Trinajstić information content (AvgIpc) is 3.49. The molecule has 11 heteroatoms. The Labute approximate surface area is 196 Å². The normalized spacial score (nSPS) is 11.1. The van der Waals surface area contributed by atoms with Gasteiger partial charge in [0.25, 0.3) is 5.91 Å². The van der Waals surface area contributed by atoms with Crippen LogP contribution in [-0.2, 0) is 7.05 Å². The third-order valence-electron chi connectivity index (χ3n) is 5.46. The zero-order valence-corrected chi connectivity index (χ0v) is 19.0. The number of hydrogen-bond acceptors (Lipinski definition) is 6. The van der Waals surface area contributed by atoms with Crippen LogP contribution in [0.2, 0.25) is 0 Å². The number of nitrogens with one attached hydrogen (secondary N) is 1. The number of amides is 2. The van der Waals surface area contributed by atoms with E-state index in [0.717, 1.165) is 16.1 Å². The van der Waals surface area contributed by atoms with E-state index in [-0.39, 0.29) is 11.6 Å². The molecule has 3 heterocycles. The van der Waals surface area contributed by atoms with Crippen LogP contribution in [0.4, 0.5) is 5.69 Å². The summed E-state index contributed by atoms with van der Waals surface area (Å²) in [6.07, 6.45) is 3.00. The zero-order valence-electron chi connectivity index (χ0n) is 18.2. The molecule has 2 amide bonds. The molecule has 0 atom stereocenters. The van der Waals surface area contributed by atoms with Crippen LogP contribution in [-0.4, -0.2) is 35.5 Å². The number of thiazole rings is 1. The van der Waals surface area contributed by atoms with Crippen LogP contribution in [0.5, 0.6) is 0 Å². The smallest absolute Gasteiger partial charge is 0.350 e. The van der Waals surface area contributed by atoms with Crippen LogP contribution in [0.25, 0.3) is 21.1 Å². The molecule has 0 fully saturated rings. The molecule has 0 radical (unpaired) electrons. The number of primary amides is 1. The number of nitrogens with two attached hydrogens (primary N) is 1. The summed E-state index contributed by atoms with van der Waals surface area (Å²) >= 11 is 1.46. The summed E-state index contributed by atoms with van der Waals surface area (Å²) in [5.41, 5.74) is 8.75. The largest absolute Gasteiger partial charge is 0.366 e. The number of imidazole rings is 1. The monoisotopic (exact) mass is 473 g/mol. The summed E-state index contributed by atoms with van der Waals surface area (Å²) in [6, 6.07) is 14.0. The molecule has 34 heavy (non-hydrogen) atoms. The minimum atomic E-state index is -0.569. The van der Waals surface area contributed by atoms with Crippen molar-refractivity contribution in [2.45, 2.75) is 6.92 Å². The molecule has 10 nitrogen and oxygen atoms in total. The van der Waals surface area contributed by atoms with Gasteiger partial charge >= 0.3 is 5.69 Å². The van der Waals surface area contributed by atoms with E-state index in [0.29, 0.717) is 27.6 Å². The predicted molar refractivity (Wildman–Crippen MR) is 129 cm³/mol. The second kappa shape index (κ2) is 8.12. The van der Waals surface area contributed by atoms with E-state index in [2.05, 4.69) is 15.4 Å². The van der Waals surface area contributed by atoms with Gasteiger partial charge in [-0.15, -0.1) is 0 Å². The minimum Gasteiger partial charge on any atom is -0.366 e. The van der Waals surface area contributed by atoms with Crippen molar-refractivity contribution in [1.82, 2.24) is 23.7 Å². The molecule has 0 saturated heterocycles. The quantitative estimate of drug-likeness (QED) is 0.405. The highest BCUT2D eigenvalue weighted by atomic mass is 32.1. The molecule has 0 unspecified atom stereocenters. The summed E-state index contributed by atoms with van der Waals surface area (Å²) in [5.74, 6) is -0.923. The Balaban J connectivity index is 1.46. The number of carbonyl (C=O) groups is 2. The summed E-state index contributed by atoms with van der Waals surface area (Å²) in [7, 11) is 1.60. The zero-order chi connectivity index (χ0) is 24.0. The Morgan fingerprint density at radius 1 is 1.12 bits per heavy atom. The Kier molecular flexibility index (Phi) is 5.10. The molecule has 3 aromatic heterocycles. The van der Waals surface area contributed by atoms with Crippen molar-refractivity contribution in [2.75, 3.05) is 5.32 Å². The summed E-state index contributed by atoms with van der Waals surface area (Å²) in [5, 5.41) is 6.77. The van der Waals surface area contributed by atoms with Crippen LogP contribution in [0.15, 0.2) is 65.8 Å². The van der Waals surface area contributed by atoms with Gasteiger partial charge in [-0.05, 0) is 42.8 Å². The van der Waals surface area contributed by atoms with Crippen molar-refractivity contribution < 1.29 is 9.59 Å². The van der Waals surface area contributed by atoms with Gasteiger partial charge in [-0.1, -0.05) is 29.5 Å². The fourth-order valence-corrected chi connectivity index (χ4v) is 4.81. The first-order valence-electron chi connectivity index (χ1n) is 10.2. The van der Waals surface area contributed by atoms with Crippen molar-refractivity contribution >= 4 is 33.8 Å². The number of anilines is 1. The number of fused-ring (bicyclic) bond motifs is 1. The van der Waals surface area contributed by atoms with Gasteiger partial charge in [-0.3, -0.25) is 14.0 Å². The SMILES string of the molecule is Cc1c(-c2ccc(-n3cnn(C)c3=O)cc2)sc2ncc(C(=O)Nc3cccc(C(N)=O)c3)n12. The van der Waals surface area contributed by atoms with E-state index in [4.69, 9.17) is 5.73 Å². The molecular formula is C23H19N7O3S. The fraction of sp³-hybridized carbons (Fsp3) is 0.0870. The molecule has 0 spiro atoms. The molecule has 3 N–H and O–H groups in total. The van der Waals surface area contributed by atoms with Gasteiger partial charge < -0.3 is 11.1 Å². The Hall–Kier alpha value is -4.51. The van der Waals surface area contributed by atoms with Crippen molar-refractivity contribution in [3.63, 3.8) is 0 Å². The molecule has 0 bridgehead atoms. The van der Waals surface area contributed by atoms with Crippen molar-refractivity contribution in [3.8, 4) is 16.1 Å². The van der Waals surface area contributed by atoms with Crippen molar-refractivity contribution in [1.29, 1.82) is 0 Å². The maximum absolute atomic E-state index is 13.0. The van der Waals surface area contributed by atoms with Gasteiger partial charge in [0.05, 0.1) is 16.8 Å². The van der Waals surface area contributed by atoms with Crippen LogP contribution < -0.4 is 16.7 Å². The van der Waals surface area contributed by atoms with E-state index < -0.39 is 5.91 Å². The van der Waals surface area contributed by atoms with Crippen molar-refractivity contribution in [3.05, 3.63) is 88.5 Å². The van der Waals surface area contributed by atoms with Crippen LogP contribution in [0, 0.1) is 6.92 Å². The first kappa shape index (κ1) is 21.3. The maximum atomic E-state index is 13.0. The summed E-state index contributed by atoms with van der Waals surface area (Å²) in [6.45, 7) is 1.92.